The number of methoxy groups -OCH3 is 1. The Balaban J connectivity index is 2.73. The van der Waals surface area contributed by atoms with Crippen molar-refractivity contribution in [2.24, 2.45) is 0 Å². The minimum Gasteiger partial charge on any atom is -0.494 e. The highest BCUT2D eigenvalue weighted by Crippen LogP contribution is 2.32. The first-order valence-corrected chi connectivity index (χ1v) is 7.29. The third-order valence-corrected chi connectivity index (χ3v) is 3.82. The molecule has 2 aromatic rings. The number of nitrogens with zero attached hydrogens (tertiary/aromatic N) is 2. The number of ether oxygens (including phenoxy) is 1. The molecule has 0 atom stereocenters. The van der Waals surface area contributed by atoms with Crippen LogP contribution < -0.4 is 4.74 Å². The van der Waals surface area contributed by atoms with Crippen molar-refractivity contribution in [1.29, 1.82) is 0 Å². The van der Waals surface area contributed by atoms with Gasteiger partial charge in [0.05, 0.1) is 24.0 Å². The Hall–Kier alpha value is -1.29. The van der Waals surface area contributed by atoms with E-state index in [9.17, 15) is 4.39 Å². The van der Waals surface area contributed by atoms with Crippen molar-refractivity contribution in [2.75, 3.05) is 7.11 Å². The fourth-order valence-electron chi connectivity index (χ4n) is 2.77. The van der Waals surface area contributed by atoms with Crippen LogP contribution in [0.2, 0.25) is 0 Å². The number of rotatable bonds is 5. The maximum absolute atomic E-state index is 13.8. The van der Waals surface area contributed by atoms with Gasteiger partial charge in [0.1, 0.15) is 5.82 Å². The second kappa shape index (κ2) is 5.60. The van der Waals surface area contributed by atoms with E-state index >= 15 is 0 Å². The van der Waals surface area contributed by atoms with Crippen LogP contribution in [0, 0.1) is 5.82 Å². The summed E-state index contributed by atoms with van der Waals surface area (Å²) in [6, 6.07) is 3.11. The maximum atomic E-state index is 13.8. The molecule has 0 amide bonds. The Kier molecular flexibility index (Phi) is 4.23. The monoisotopic (exact) mass is 298 g/mol. The topological polar surface area (TPSA) is 27.1 Å². The molecule has 20 heavy (non-hydrogen) atoms. The number of halogens is 2. The largest absolute Gasteiger partial charge is 0.494 e. The van der Waals surface area contributed by atoms with Crippen molar-refractivity contribution in [3.8, 4) is 5.75 Å². The van der Waals surface area contributed by atoms with Gasteiger partial charge in [0.2, 0.25) is 0 Å². The van der Waals surface area contributed by atoms with Crippen LogP contribution in [0.1, 0.15) is 39.4 Å². The third-order valence-electron chi connectivity index (χ3n) is 3.58. The lowest BCUT2D eigenvalue weighted by molar-refractivity contribution is 0.325. The smallest absolute Gasteiger partial charge is 0.167 e. The molecule has 0 spiro atoms. The van der Waals surface area contributed by atoms with Crippen LogP contribution in [-0.4, -0.2) is 16.7 Å². The van der Waals surface area contributed by atoms with E-state index in [1.807, 2.05) is 0 Å². The Morgan fingerprint density at radius 3 is 2.65 bits per heavy atom. The molecule has 0 unspecified atom stereocenters. The van der Waals surface area contributed by atoms with Gasteiger partial charge in [-0.2, -0.15) is 0 Å². The molecule has 0 fully saturated rings. The first kappa shape index (κ1) is 15.1. The summed E-state index contributed by atoms with van der Waals surface area (Å²) in [5.74, 6) is 0.880. The van der Waals surface area contributed by atoms with Crippen LogP contribution in [0.15, 0.2) is 12.1 Å². The molecule has 1 aromatic heterocycles. The predicted octanol–water partition coefficient (Wildman–Crippen LogP) is 4.46. The van der Waals surface area contributed by atoms with Gasteiger partial charge in [-0.15, -0.1) is 11.6 Å². The zero-order valence-corrected chi connectivity index (χ0v) is 13.1. The molecular weight excluding hydrogens is 279 g/mol. The third kappa shape index (κ3) is 2.49. The highest BCUT2D eigenvalue weighted by atomic mass is 35.5. The van der Waals surface area contributed by atoms with Crippen molar-refractivity contribution in [1.82, 2.24) is 9.55 Å². The summed E-state index contributed by atoms with van der Waals surface area (Å²) in [5.41, 5.74) is 1.34. The highest BCUT2D eigenvalue weighted by molar-refractivity contribution is 6.16. The van der Waals surface area contributed by atoms with Gasteiger partial charge in [-0.05, 0) is 20.3 Å². The fourth-order valence-corrected chi connectivity index (χ4v) is 2.95. The van der Waals surface area contributed by atoms with Crippen LogP contribution in [-0.2, 0) is 11.4 Å². The standard InChI is InChI=1S/C15H20ClFN2O/c1-5-6-15(2,3)19-12-8-13(20-4)10(17)7-11(12)18-14(19)9-16/h7-8H,5-6,9H2,1-4H3. The lowest BCUT2D eigenvalue weighted by Gasteiger charge is -2.29. The molecule has 1 heterocycles. The van der Waals surface area contributed by atoms with Gasteiger partial charge in [0.25, 0.3) is 0 Å². The number of benzene rings is 1. The van der Waals surface area contributed by atoms with Gasteiger partial charge >= 0.3 is 0 Å². The zero-order chi connectivity index (χ0) is 14.9. The lowest BCUT2D eigenvalue weighted by Crippen LogP contribution is -2.27. The maximum Gasteiger partial charge on any atom is 0.167 e. The number of aromatic nitrogens is 2. The second-order valence-electron chi connectivity index (χ2n) is 5.53. The van der Waals surface area contributed by atoms with Gasteiger partial charge in [-0.25, -0.2) is 9.37 Å². The average Bonchev–Trinajstić information content (AvgIpc) is 2.75. The van der Waals surface area contributed by atoms with Crippen LogP contribution in [0.3, 0.4) is 0 Å². The van der Waals surface area contributed by atoms with Crippen molar-refractivity contribution in [2.45, 2.75) is 45.0 Å². The summed E-state index contributed by atoms with van der Waals surface area (Å²) < 4.78 is 21.0. The van der Waals surface area contributed by atoms with Crippen molar-refractivity contribution in [3.63, 3.8) is 0 Å². The van der Waals surface area contributed by atoms with E-state index in [2.05, 4.69) is 30.3 Å². The first-order chi connectivity index (χ1) is 9.44. The number of hydrogen-bond donors (Lipinski definition) is 0. The van der Waals surface area contributed by atoms with Crippen molar-refractivity contribution < 1.29 is 9.13 Å². The van der Waals surface area contributed by atoms with Gasteiger partial charge < -0.3 is 9.30 Å². The normalized spacial score (nSPS) is 12.1. The van der Waals surface area contributed by atoms with Gasteiger partial charge in [-0.1, -0.05) is 13.3 Å². The Bertz CT molecular complexity index is 622. The first-order valence-electron chi connectivity index (χ1n) is 6.76. The summed E-state index contributed by atoms with van der Waals surface area (Å²) >= 11 is 6.01. The molecule has 0 aliphatic rings. The molecule has 5 heteroatoms. The lowest BCUT2D eigenvalue weighted by atomic mass is 9.98. The molecule has 2 rings (SSSR count). The van der Waals surface area contributed by atoms with E-state index in [-0.39, 0.29) is 11.3 Å². The summed E-state index contributed by atoms with van der Waals surface area (Å²) in [6.07, 6.45) is 2.04. The Morgan fingerprint density at radius 1 is 1.40 bits per heavy atom. The van der Waals surface area contributed by atoms with Crippen LogP contribution in [0.25, 0.3) is 11.0 Å². The molecule has 0 aliphatic carbocycles. The minimum atomic E-state index is -0.404. The summed E-state index contributed by atoms with van der Waals surface area (Å²) in [7, 11) is 1.46. The Labute approximate surface area is 123 Å². The number of alkyl halides is 1. The van der Waals surface area contributed by atoms with Crippen LogP contribution in [0.5, 0.6) is 5.75 Å². The molecule has 3 nitrogen and oxygen atoms in total. The molecule has 1 aromatic carbocycles. The summed E-state index contributed by atoms with van der Waals surface area (Å²) in [6.45, 7) is 6.43. The minimum absolute atomic E-state index is 0.128. The molecule has 0 saturated heterocycles. The molecule has 110 valence electrons. The van der Waals surface area contributed by atoms with E-state index in [0.717, 1.165) is 24.2 Å². The number of hydrogen-bond acceptors (Lipinski definition) is 2. The molecule has 0 N–H and O–H groups in total. The van der Waals surface area contributed by atoms with Gasteiger partial charge in [0, 0.05) is 17.7 Å². The number of imidazole rings is 1. The second-order valence-corrected chi connectivity index (χ2v) is 5.80. The van der Waals surface area contributed by atoms with Crippen LogP contribution in [0.4, 0.5) is 4.39 Å². The number of fused-ring (bicyclic) bond motifs is 1. The van der Waals surface area contributed by atoms with Crippen LogP contribution >= 0.6 is 11.6 Å². The van der Waals surface area contributed by atoms with E-state index in [1.54, 1.807) is 6.07 Å². The SMILES string of the molecule is CCCC(C)(C)n1c(CCl)nc2cc(F)c(OC)cc21. The predicted molar refractivity (Wildman–Crippen MR) is 80.0 cm³/mol. The van der Waals surface area contributed by atoms with Crippen molar-refractivity contribution in [3.05, 3.63) is 23.8 Å². The zero-order valence-electron chi connectivity index (χ0n) is 12.3. The average molecular weight is 299 g/mol. The van der Waals surface area contributed by atoms with E-state index < -0.39 is 5.82 Å². The van der Waals surface area contributed by atoms with E-state index in [4.69, 9.17) is 16.3 Å². The molecule has 0 radical (unpaired) electrons. The molecule has 0 saturated carbocycles. The highest BCUT2D eigenvalue weighted by Gasteiger charge is 2.25. The van der Waals surface area contributed by atoms with Gasteiger partial charge in [-0.3, -0.25) is 0 Å². The van der Waals surface area contributed by atoms with Gasteiger partial charge in [0.15, 0.2) is 11.6 Å². The molecular formula is C15H20ClFN2O. The molecule has 0 aliphatic heterocycles. The van der Waals surface area contributed by atoms with E-state index in [0.29, 0.717) is 11.4 Å². The molecule has 0 bridgehead atoms. The fraction of sp³-hybridized carbons (Fsp3) is 0.533. The van der Waals surface area contributed by atoms with E-state index in [1.165, 1.54) is 13.2 Å². The van der Waals surface area contributed by atoms with Crippen molar-refractivity contribution >= 4 is 22.6 Å². The quantitative estimate of drug-likeness (QED) is 0.762. The summed E-state index contributed by atoms with van der Waals surface area (Å²) in [5, 5.41) is 0. The Morgan fingerprint density at radius 2 is 2.10 bits per heavy atom. The summed E-state index contributed by atoms with van der Waals surface area (Å²) in [4.78, 5) is 4.45.